The Hall–Kier alpha value is -3.68. The van der Waals surface area contributed by atoms with Gasteiger partial charge in [0.2, 0.25) is 0 Å². The minimum absolute atomic E-state index is 0.251. The Morgan fingerprint density at radius 2 is 1.82 bits per heavy atom. The Morgan fingerprint density at radius 1 is 0.964 bits per heavy atom. The first kappa shape index (κ1) is 19.1. The summed E-state index contributed by atoms with van der Waals surface area (Å²) >= 11 is 0. The number of benzene rings is 1. The maximum atomic E-state index is 12.2. The molecule has 2 heterocycles. The molecule has 0 spiro atoms. The van der Waals surface area contributed by atoms with Crippen LogP contribution in [0, 0.1) is 0 Å². The number of amides is 1. The van der Waals surface area contributed by atoms with Crippen molar-refractivity contribution < 1.29 is 14.3 Å². The molecule has 0 bridgehead atoms. The molecule has 0 aliphatic carbocycles. The smallest absolute Gasteiger partial charge is 0.272 e. The quantitative estimate of drug-likeness (QED) is 0.620. The van der Waals surface area contributed by atoms with Crippen LogP contribution in [-0.4, -0.2) is 35.3 Å². The molecule has 0 fully saturated rings. The van der Waals surface area contributed by atoms with Crippen molar-refractivity contribution in [1.29, 1.82) is 0 Å². The van der Waals surface area contributed by atoms with E-state index >= 15 is 0 Å². The number of nitrogens with zero attached hydrogens (tertiary/aromatic N) is 3. The highest BCUT2D eigenvalue weighted by atomic mass is 16.5. The van der Waals surface area contributed by atoms with Gasteiger partial charge in [-0.25, -0.2) is 0 Å². The van der Waals surface area contributed by atoms with Gasteiger partial charge in [-0.3, -0.25) is 9.78 Å². The van der Waals surface area contributed by atoms with Gasteiger partial charge in [-0.2, -0.15) is 0 Å². The van der Waals surface area contributed by atoms with Crippen molar-refractivity contribution in [2.75, 3.05) is 19.5 Å². The van der Waals surface area contributed by atoms with E-state index in [0.29, 0.717) is 30.4 Å². The first-order valence-electron chi connectivity index (χ1n) is 8.65. The second-order valence-electron chi connectivity index (χ2n) is 5.89. The lowest BCUT2D eigenvalue weighted by molar-refractivity contribution is 0.0945. The van der Waals surface area contributed by atoms with Gasteiger partial charge in [-0.05, 0) is 41.5 Å². The summed E-state index contributed by atoms with van der Waals surface area (Å²) in [5.74, 6) is 1.61. The standard InChI is InChI=1S/C20H21N5O3/c1-27-17-7-5-14(10-18(17)28-2)12-22-19-8-6-16(24-25-19)20(26)23-13-15-4-3-9-21-11-15/h3-11H,12-13H2,1-2H3,(H,22,25)(H,23,26). The number of carbonyl (C=O) groups excluding carboxylic acids is 1. The summed E-state index contributed by atoms with van der Waals surface area (Å²) < 4.78 is 10.5. The second kappa shape index (κ2) is 9.31. The highest BCUT2D eigenvalue weighted by Crippen LogP contribution is 2.27. The molecule has 2 N–H and O–H groups in total. The normalized spacial score (nSPS) is 10.2. The summed E-state index contributed by atoms with van der Waals surface area (Å²) in [5.41, 5.74) is 2.16. The van der Waals surface area contributed by atoms with Gasteiger partial charge in [0.25, 0.3) is 5.91 Å². The van der Waals surface area contributed by atoms with Crippen molar-refractivity contribution in [3.8, 4) is 11.5 Å². The number of aromatic nitrogens is 3. The van der Waals surface area contributed by atoms with E-state index in [-0.39, 0.29) is 11.6 Å². The fraction of sp³-hybridized carbons (Fsp3) is 0.200. The molecule has 0 saturated carbocycles. The van der Waals surface area contributed by atoms with Crippen LogP contribution in [0.15, 0.2) is 54.9 Å². The molecule has 1 amide bonds. The van der Waals surface area contributed by atoms with E-state index in [1.54, 1.807) is 38.7 Å². The van der Waals surface area contributed by atoms with Gasteiger partial charge in [0, 0.05) is 25.5 Å². The summed E-state index contributed by atoms with van der Waals surface area (Å²) in [6.45, 7) is 0.912. The van der Waals surface area contributed by atoms with Crippen LogP contribution in [-0.2, 0) is 13.1 Å². The van der Waals surface area contributed by atoms with Gasteiger partial charge in [0.1, 0.15) is 5.82 Å². The lowest BCUT2D eigenvalue weighted by Crippen LogP contribution is -2.24. The Kier molecular flexibility index (Phi) is 6.35. The molecule has 28 heavy (non-hydrogen) atoms. The van der Waals surface area contributed by atoms with Gasteiger partial charge in [-0.1, -0.05) is 12.1 Å². The van der Waals surface area contributed by atoms with Gasteiger partial charge in [0.05, 0.1) is 14.2 Å². The van der Waals surface area contributed by atoms with E-state index in [4.69, 9.17) is 9.47 Å². The number of hydrogen-bond acceptors (Lipinski definition) is 7. The van der Waals surface area contributed by atoms with Gasteiger partial charge >= 0.3 is 0 Å². The molecule has 3 aromatic rings. The summed E-state index contributed by atoms with van der Waals surface area (Å²) in [7, 11) is 3.19. The average Bonchev–Trinajstić information content (AvgIpc) is 2.76. The van der Waals surface area contributed by atoms with E-state index in [9.17, 15) is 4.79 Å². The van der Waals surface area contributed by atoms with Crippen molar-refractivity contribution in [1.82, 2.24) is 20.5 Å². The molecule has 0 aliphatic heterocycles. The molecular formula is C20H21N5O3. The molecule has 0 atom stereocenters. The number of pyridine rings is 1. The van der Waals surface area contributed by atoms with Crippen LogP contribution in [0.5, 0.6) is 11.5 Å². The Balaban J connectivity index is 1.55. The van der Waals surface area contributed by atoms with Crippen molar-refractivity contribution in [3.63, 3.8) is 0 Å². The van der Waals surface area contributed by atoms with Crippen LogP contribution in [0.3, 0.4) is 0 Å². The summed E-state index contributed by atoms with van der Waals surface area (Å²) in [6.07, 6.45) is 3.39. The van der Waals surface area contributed by atoms with E-state index in [1.165, 1.54) is 0 Å². The molecule has 1 aromatic carbocycles. The van der Waals surface area contributed by atoms with Crippen LogP contribution in [0.2, 0.25) is 0 Å². The molecule has 8 heteroatoms. The fourth-order valence-corrected chi connectivity index (χ4v) is 2.51. The summed E-state index contributed by atoms with van der Waals surface area (Å²) in [4.78, 5) is 16.2. The number of carbonyl (C=O) groups is 1. The number of rotatable bonds is 8. The zero-order valence-corrected chi connectivity index (χ0v) is 15.7. The largest absolute Gasteiger partial charge is 0.493 e. The van der Waals surface area contributed by atoms with Crippen molar-refractivity contribution >= 4 is 11.7 Å². The fourth-order valence-electron chi connectivity index (χ4n) is 2.51. The first-order chi connectivity index (χ1) is 13.7. The Bertz CT molecular complexity index is 917. The van der Waals surface area contributed by atoms with E-state index in [2.05, 4.69) is 25.8 Å². The maximum absolute atomic E-state index is 12.2. The minimum Gasteiger partial charge on any atom is -0.493 e. The molecule has 3 rings (SSSR count). The first-order valence-corrected chi connectivity index (χ1v) is 8.65. The molecule has 144 valence electrons. The Morgan fingerprint density at radius 3 is 2.50 bits per heavy atom. The number of anilines is 1. The van der Waals surface area contributed by atoms with Gasteiger partial charge in [-0.15, -0.1) is 10.2 Å². The topological polar surface area (TPSA) is 98.3 Å². The third-order valence-electron chi connectivity index (χ3n) is 3.99. The van der Waals surface area contributed by atoms with Gasteiger partial charge < -0.3 is 20.1 Å². The van der Waals surface area contributed by atoms with Gasteiger partial charge in [0.15, 0.2) is 17.2 Å². The molecule has 2 aromatic heterocycles. The molecule has 8 nitrogen and oxygen atoms in total. The SMILES string of the molecule is COc1ccc(CNc2ccc(C(=O)NCc3cccnc3)nn2)cc1OC. The van der Waals surface area contributed by atoms with E-state index in [1.807, 2.05) is 30.3 Å². The highest BCUT2D eigenvalue weighted by Gasteiger charge is 2.09. The number of nitrogens with one attached hydrogen (secondary N) is 2. The zero-order valence-electron chi connectivity index (χ0n) is 15.7. The lowest BCUT2D eigenvalue weighted by atomic mass is 10.2. The molecule has 0 unspecified atom stereocenters. The minimum atomic E-state index is -0.289. The maximum Gasteiger partial charge on any atom is 0.272 e. The molecule has 0 saturated heterocycles. The number of hydrogen-bond donors (Lipinski definition) is 2. The monoisotopic (exact) mass is 379 g/mol. The van der Waals surface area contributed by atoms with E-state index < -0.39 is 0 Å². The van der Waals surface area contributed by atoms with Crippen LogP contribution >= 0.6 is 0 Å². The highest BCUT2D eigenvalue weighted by molar-refractivity contribution is 5.92. The van der Waals surface area contributed by atoms with Crippen LogP contribution in [0.4, 0.5) is 5.82 Å². The average molecular weight is 379 g/mol. The summed E-state index contributed by atoms with van der Waals surface area (Å²) in [6, 6.07) is 12.7. The summed E-state index contributed by atoms with van der Waals surface area (Å²) in [5, 5.41) is 14.0. The van der Waals surface area contributed by atoms with E-state index in [0.717, 1.165) is 11.1 Å². The Labute approximate surface area is 162 Å². The molecular weight excluding hydrogens is 358 g/mol. The van der Waals surface area contributed by atoms with Crippen LogP contribution in [0.25, 0.3) is 0 Å². The van der Waals surface area contributed by atoms with Crippen LogP contribution < -0.4 is 20.1 Å². The predicted octanol–water partition coefficient (Wildman–Crippen LogP) is 2.43. The van der Waals surface area contributed by atoms with Crippen molar-refractivity contribution in [3.05, 3.63) is 71.7 Å². The van der Waals surface area contributed by atoms with Crippen molar-refractivity contribution in [2.45, 2.75) is 13.1 Å². The predicted molar refractivity (Wildman–Crippen MR) is 104 cm³/mol. The molecule has 0 aliphatic rings. The lowest BCUT2D eigenvalue weighted by Gasteiger charge is -2.10. The third kappa shape index (κ3) is 4.94. The van der Waals surface area contributed by atoms with Crippen LogP contribution in [0.1, 0.15) is 21.6 Å². The zero-order chi connectivity index (χ0) is 19.8. The molecule has 0 radical (unpaired) electrons. The third-order valence-corrected chi connectivity index (χ3v) is 3.99. The number of ether oxygens (including phenoxy) is 2. The second-order valence-corrected chi connectivity index (χ2v) is 5.89. The van der Waals surface area contributed by atoms with Crippen molar-refractivity contribution in [2.24, 2.45) is 0 Å². The number of methoxy groups -OCH3 is 2.